The monoisotopic (exact) mass is 349 g/mol. The minimum Gasteiger partial charge on any atom is -0.507 e. The van der Waals surface area contributed by atoms with Gasteiger partial charge >= 0.3 is 0 Å². The lowest BCUT2D eigenvalue weighted by molar-refractivity contribution is 0.0946. The van der Waals surface area contributed by atoms with Crippen LogP contribution in [-0.2, 0) is 5.60 Å². The summed E-state index contributed by atoms with van der Waals surface area (Å²) in [4.78, 5) is 2.09. The molecule has 3 nitrogen and oxygen atoms in total. The van der Waals surface area contributed by atoms with E-state index in [-0.39, 0.29) is 22.9 Å². The first-order valence-electron chi connectivity index (χ1n) is 8.22. The van der Waals surface area contributed by atoms with Gasteiger partial charge in [0.05, 0.1) is 11.6 Å². The number of nitrogens with zero attached hydrogens (tertiary/aromatic N) is 1. The van der Waals surface area contributed by atoms with Gasteiger partial charge in [-0.05, 0) is 18.6 Å². The Balaban J connectivity index is 2.03. The fourth-order valence-corrected chi connectivity index (χ4v) is 3.55. The molecule has 1 unspecified atom stereocenters. The fourth-order valence-electron chi connectivity index (χ4n) is 3.40. The Bertz CT molecular complexity index is 752. The average Bonchev–Trinajstić information content (AvgIpc) is 2.85. The summed E-state index contributed by atoms with van der Waals surface area (Å²) in [6.07, 6.45) is 3.24. The second kappa shape index (κ2) is 6.61. The molecule has 0 radical (unpaired) electrons. The van der Waals surface area contributed by atoms with Crippen LogP contribution < -0.4 is 4.90 Å². The van der Waals surface area contributed by atoms with Crippen molar-refractivity contribution in [3.05, 3.63) is 58.4 Å². The summed E-state index contributed by atoms with van der Waals surface area (Å²) in [5, 5.41) is 21.4. The summed E-state index contributed by atoms with van der Waals surface area (Å²) in [5.41, 5.74) is 0.289. The van der Waals surface area contributed by atoms with Gasteiger partial charge < -0.3 is 15.1 Å². The van der Waals surface area contributed by atoms with Gasteiger partial charge in [-0.25, -0.2) is 4.39 Å². The number of hydrogen-bond acceptors (Lipinski definition) is 3. The van der Waals surface area contributed by atoms with Crippen molar-refractivity contribution in [1.29, 1.82) is 0 Å². The molecule has 1 aliphatic heterocycles. The van der Waals surface area contributed by atoms with Crippen LogP contribution in [0.2, 0.25) is 5.02 Å². The van der Waals surface area contributed by atoms with Crippen molar-refractivity contribution in [1.82, 2.24) is 0 Å². The third-order valence-corrected chi connectivity index (χ3v) is 4.92. The molecule has 0 saturated carbocycles. The number of unbranched alkanes of at least 4 members (excludes halogenated alkanes) is 2. The first-order chi connectivity index (χ1) is 11.5. The van der Waals surface area contributed by atoms with Crippen molar-refractivity contribution in [3.8, 4) is 5.75 Å². The molecular formula is C19H21ClFNO2. The zero-order valence-electron chi connectivity index (χ0n) is 13.6. The number of fused-ring (bicyclic) bond motifs is 1. The summed E-state index contributed by atoms with van der Waals surface area (Å²) in [5.74, 6) is -0.853. The highest BCUT2D eigenvalue weighted by Gasteiger charge is 2.44. The van der Waals surface area contributed by atoms with Crippen LogP contribution in [0.5, 0.6) is 5.75 Å². The number of anilines is 1. The highest BCUT2D eigenvalue weighted by Crippen LogP contribution is 2.46. The molecule has 0 fully saturated rings. The summed E-state index contributed by atoms with van der Waals surface area (Å²) in [6.45, 7) is 3.23. The van der Waals surface area contributed by atoms with E-state index in [1.807, 2.05) is 24.3 Å². The first kappa shape index (κ1) is 17.1. The Labute approximate surface area is 146 Å². The Morgan fingerprint density at radius 2 is 1.96 bits per heavy atom. The SMILES string of the molecule is CCCCCN1CC(O)(c2cc(F)c(Cl)cc2O)c2ccccc21. The number of rotatable bonds is 5. The maximum atomic E-state index is 13.9. The van der Waals surface area contributed by atoms with E-state index in [1.165, 1.54) is 0 Å². The van der Waals surface area contributed by atoms with Gasteiger partial charge in [0.25, 0.3) is 0 Å². The molecule has 0 saturated heterocycles. The molecule has 128 valence electrons. The van der Waals surface area contributed by atoms with Crippen molar-refractivity contribution in [3.63, 3.8) is 0 Å². The highest BCUT2D eigenvalue weighted by atomic mass is 35.5. The molecule has 3 rings (SSSR count). The largest absolute Gasteiger partial charge is 0.507 e. The quantitative estimate of drug-likeness (QED) is 0.785. The molecule has 0 spiro atoms. The van der Waals surface area contributed by atoms with Gasteiger partial charge in [0.2, 0.25) is 0 Å². The minimum absolute atomic E-state index is 0.148. The smallest absolute Gasteiger partial charge is 0.142 e. The van der Waals surface area contributed by atoms with E-state index >= 15 is 0 Å². The minimum atomic E-state index is -1.46. The van der Waals surface area contributed by atoms with Gasteiger partial charge in [0.1, 0.15) is 17.2 Å². The molecule has 2 aromatic carbocycles. The van der Waals surface area contributed by atoms with Crippen molar-refractivity contribution in [2.45, 2.75) is 31.8 Å². The van der Waals surface area contributed by atoms with Crippen LogP contribution in [0.1, 0.15) is 37.3 Å². The van der Waals surface area contributed by atoms with E-state index < -0.39 is 11.4 Å². The van der Waals surface area contributed by atoms with Crippen molar-refractivity contribution in [2.75, 3.05) is 18.0 Å². The van der Waals surface area contributed by atoms with Gasteiger partial charge in [-0.1, -0.05) is 49.6 Å². The molecule has 0 amide bonds. The van der Waals surface area contributed by atoms with Crippen LogP contribution in [0.25, 0.3) is 0 Å². The molecular weight excluding hydrogens is 329 g/mol. The lowest BCUT2D eigenvalue weighted by Gasteiger charge is -2.26. The van der Waals surface area contributed by atoms with Gasteiger partial charge in [-0.3, -0.25) is 0 Å². The van der Waals surface area contributed by atoms with Gasteiger partial charge in [-0.15, -0.1) is 0 Å². The van der Waals surface area contributed by atoms with Gasteiger partial charge in [-0.2, -0.15) is 0 Å². The zero-order chi connectivity index (χ0) is 17.3. The fraction of sp³-hybridized carbons (Fsp3) is 0.368. The van der Waals surface area contributed by atoms with E-state index in [0.29, 0.717) is 5.56 Å². The highest BCUT2D eigenvalue weighted by molar-refractivity contribution is 6.30. The Hall–Kier alpha value is -1.78. The number of aromatic hydroxyl groups is 1. The van der Waals surface area contributed by atoms with Crippen LogP contribution in [-0.4, -0.2) is 23.3 Å². The summed E-state index contributed by atoms with van der Waals surface area (Å²) >= 11 is 5.72. The number of benzene rings is 2. The first-order valence-corrected chi connectivity index (χ1v) is 8.60. The molecule has 24 heavy (non-hydrogen) atoms. The van der Waals surface area contributed by atoms with Crippen LogP contribution in [0, 0.1) is 5.82 Å². The van der Waals surface area contributed by atoms with Crippen molar-refractivity contribution < 1.29 is 14.6 Å². The molecule has 0 bridgehead atoms. The molecule has 2 N–H and O–H groups in total. The number of halogens is 2. The third-order valence-electron chi connectivity index (χ3n) is 4.63. The number of phenolic OH excluding ortho intramolecular Hbond substituents is 1. The third kappa shape index (κ3) is 2.85. The molecule has 1 atom stereocenters. The van der Waals surface area contributed by atoms with Crippen LogP contribution >= 0.6 is 11.6 Å². The summed E-state index contributed by atoms with van der Waals surface area (Å²) in [7, 11) is 0. The van der Waals surface area contributed by atoms with Crippen molar-refractivity contribution >= 4 is 17.3 Å². The van der Waals surface area contributed by atoms with Crippen molar-refractivity contribution in [2.24, 2.45) is 0 Å². The normalized spacial score (nSPS) is 19.6. The number of phenols is 1. The number of hydrogen-bond donors (Lipinski definition) is 2. The lowest BCUT2D eigenvalue weighted by atomic mass is 9.87. The topological polar surface area (TPSA) is 43.7 Å². The summed E-state index contributed by atoms with van der Waals surface area (Å²) < 4.78 is 13.9. The number of para-hydroxylation sites is 1. The second-order valence-electron chi connectivity index (χ2n) is 6.29. The van der Waals surface area contributed by atoms with Gasteiger partial charge in [0.15, 0.2) is 0 Å². The number of aliphatic hydroxyl groups is 1. The Morgan fingerprint density at radius 3 is 2.71 bits per heavy atom. The maximum Gasteiger partial charge on any atom is 0.142 e. The standard InChI is InChI=1S/C19H21ClFNO2/c1-2-3-6-9-22-12-19(24,13-7-4-5-8-17(13)22)14-10-16(21)15(20)11-18(14)23/h4-5,7-8,10-11,23-24H,2-3,6,9,12H2,1H3. The Kier molecular flexibility index (Phi) is 4.70. The summed E-state index contributed by atoms with van der Waals surface area (Å²) in [6, 6.07) is 9.79. The predicted molar refractivity (Wildman–Crippen MR) is 94.3 cm³/mol. The molecule has 5 heteroatoms. The molecule has 0 aromatic heterocycles. The van der Waals surface area contributed by atoms with Crippen LogP contribution in [0.15, 0.2) is 36.4 Å². The molecule has 0 aliphatic carbocycles. The number of β-amino-alcohol motifs (C(OH)–C–C–N with tert-alkyl or cyclic N) is 1. The Morgan fingerprint density at radius 1 is 1.21 bits per heavy atom. The second-order valence-corrected chi connectivity index (χ2v) is 6.70. The van der Waals surface area contributed by atoms with Crippen LogP contribution in [0.3, 0.4) is 0 Å². The molecule has 1 aliphatic rings. The van der Waals surface area contributed by atoms with E-state index in [0.717, 1.165) is 43.6 Å². The zero-order valence-corrected chi connectivity index (χ0v) is 14.4. The van der Waals surface area contributed by atoms with E-state index in [2.05, 4.69) is 11.8 Å². The lowest BCUT2D eigenvalue weighted by Crippen LogP contribution is -2.35. The van der Waals surface area contributed by atoms with Crippen LogP contribution in [0.4, 0.5) is 10.1 Å². The van der Waals surface area contributed by atoms with Gasteiger partial charge in [0, 0.05) is 29.4 Å². The van der Waals surface area contributed by atoms with E-state index in [1.54, 1.807) is 0 Å². The molecule has 1 heterocycles. The predicted octanol–water partition coefficient (Wildman–Crippen LogP) is 4.43. The molecule has 2 aromatic rings. The maximum absolute atomic E-state index is 13.9. The van der Waals surface area contributed by atoms with E-state index in [9.17, 15) is 14.6 Å². The van der Waals surface area contributed by atoms with E-state index in [4.69, 9.17) is 11.6 Å². The average molecular weight is 350 g/mol.